The van der Waals surface area contributed by atoms with Crippen LogP contribution in [0, 0.1) is 0 Å². The minimum absolute atomic E-state index is 0.108. The van der Waals surface area contributed by atoms with E-state index >= 15 is 0 Å². The number of hydrazone groups is 1. The number of carbonyl (C=O) groups is 1. The van der Waals surface area contributed by atoms with Crippen LogP contribution in [0.3, 0.4) is 0 Å². The lowest BCUT2D eigenvalue weighted by Gasteiger charge is -2.12. The van der Waals surface area contributed by atoms with Crippen LogP contribution in [-0.2, 0) is 11.4 Å². The van der Waals surface area contributed by atoms with Crippen LogP contribution in [0.5, 0.6) is 11.5 Å². The fraction of sp³-hybridized carbons (Fsp3) is 0.130. The predicted molar refractivity (Wildman–Crippen MR) is 127 cm³/mol. The normalized spacial score (nSPS) is 10.7. The van der Waals surface area contributed by atoms with Gasteiger partial charge in [-0.15, -0.1) is 0 Å². The Hall–Kier alpha value is -3.03. The molecule has 0 saturated heterocycles. The third-order valence-corrected chi connectivity index (χ3v) is 5.13. The molecule has 0 bridgehead atoms. The van der Waals surface area contributed by atoms with Gasteiger partial charge in [0.2, 0.25) is 0 Å². The van der Waals surface area contributed by atoms with Crippen LogP contribution in [0.1, 0.15) is 11.1 Å². The van der Waals surface area contributed by atoms with Crippen molar-refractivity contribution in [2.75, 3.05) is 19.0 Å². The Labute approximate surface area is 194 Å². The molecule has 0 aromatic heterocycles. The lowest BCUT2D eigenvalue weighted by molar-refractivity contribution is -0.119. The third kappa shape index (κ3) is 7.01. The topological polar surface area (TPSA) is 72.0 Å². The summed E-state index contributed by atoms with van der Waals surface area (Å²) in [6.45, 7) is 0.433. The van der Waals surface area contributed by atoms with Gasteiger partial charge in [-0.05, 0) is 54.1 Å². The van der Waals surface area contributed by atoms with Gasteiger partial charge >= 0.3 is 0 Å². The molecule has 0 fully saturated rings. The van der Waals surface area contributed by atoms with Gasteiger partial charge in [0.15, 0.2) is 11.5 Å². The quantitative estimate of drug-likeness (QED) is 0.310. The van der Waals surface area contributed by atoms with Gasteiger partial charge in [-0.1, -0.05) is 45.7 Å². The van der Waals surface area contributed by atoms with E-state index in [1.165, 1.54) is 6.21 Å². The summed E-state index contributed by atoms with van der Waals surface area (Å²) in [5.74, 6) is 0.882. The number of methoxy groups -OCH3 is 1. The zero-order valence-corrected chi connectivity index (χ0v) is 19.1. The maximum Gasteiger partial charge on any atom is 0.259 e. The van der Waals surface area contributed by atoms with Crippen molar-refractivity contribution in [1.29, 1.82) is 0 Å². The Morgan fingerprint density at radius 1 is 1.10 bits per heavy atom. The Balaban J connectivity index is 1.52. The molecule has 0 aliphatic carbocycles. The summed E-state index contributed by atoms with van der Waals surface area (Å²) in [6.07, 6.45) is 1.54. The molecule has 0 heterocycles. The molecule has 160 valence electrons. The van der Waals surface area contributed by atoms with Gasteiger partial charge in [0.05, 0.1) is 19.9 Å². The maximum absolute atomic E-state index is 11.9. The van der Waals surface area contributed by atoms with Crippen LogP contribution in [0.2, 0.25) is 5.02 Å². The second-order valence-corrected chi connectivity index (χ2v) is 7.77. The van der Waals surface area contributed by atoms with Gasteiger partial charge < -0.3 is 14.8 Å². The van der Waals surface area contributed by atoms with Crippen molar-refractivity contribution in [3.63, 3.8) is 0 Å². The molecular weight excluding hydrogens is 482 g/mol. The number of nitrogens with one attached hydrogen (secondary N) is 2. The van der Waals surface area contributed by atoms with E-state index in [0.29, 0.717) is 23.1 Å². The Kier molecular flexibility index (Phi) is 8.32. The molecule has 0 spiro atoms. The van der Waals surface area contributed by atoms with E-state index in [-0.39, 0.29) is 12.5 Å². The number of amides is 1. The fourth-order valence-electron chi connectivity index (χ4n) is 2.62. The van der Waals surface area contributed by atoms with E-state index in [2.05, 4.69) is 31.8 Å². The number of ether oxygens (including phenoxy) is 2. The Bertz CT molecular complexity index is 1060. The van der Waals surface area contributed by atoms with Crippen LogP contribution in [0.15, 0.2) is 76.3 Å². The Morgan fingerprint density at radius 3 is 2.61 bits per heavy atom. The molecule has 3 aromatic rings. The van der Waals surface area contributed by atoms with Crippen molar-refractivity contribution in [3.05, 3.63) is 87.4 Å². The van der Waals surface area contributed by atoms with E-state index in [4.69, 9.17) is 21.1 Å². The molecule has 0 aliphatic rings. The molecule has 31 heavy (non-hydrogen) atoms. The summed E-state index contributed by atoms with van der Waals surface area (Å²) in [7, 11) is 1.56. The first-order chi connectivity index (χ1) is 15.0. The molecule has 2 N–H and O–H groups in total. The smallest absolute Gasteiger partial charge is 0.259 e. The van der Waals surface area contributed by atoms with Crippen molar-refractivity contribution < 1.29 is 14.3 Å². The van der Waals surface area contributed by atoms with Gasteiger partial charge in [0, 0.05) is 20.7 Å². The van der Waals surface area contributed by atoms with Gasteiger partial charge in [-0.3, -0.25) is 4.79 Å². The van der Waals surface area contributed by atoms with Gasteiger partial charge in [0.25, 0.3) is 5.91 Å². The first-order valence-electron chi connectivity index (χ1n) is 9.41. The SMILES string of the molecule is COc1cc(/C=N\NC(=O)CNc2ccc(Br)cc2)ccc1OCc1ccccc1Cl. The second kappa shape index (κ2) is 11.4. The highest BCUT2D eigenvalue weighted by atomic mass is 79.9. The number of carbonyl (C=O) groups excluding carboxylic acids is 1. The molecule has 0 unspecified atom stereocenters. The van der Waals surface area contributed by atoms with Crippen LogP contribution in [0.4, 0.5) is 5.69 Å². The zero-order chi connectivity index (χ0) is 22.1. The highest BCUT2D eigenvalue weighted by molar-refractivity contribution is 9.10. The second-order valence-electron chi connectivity index (χ2n) is 6.44. The minimum atomic E-state index is -0.258. The van der Waals surface area contributed by atoms with Gasteiger partial charge in [-0.25, -0.2) is 5.43 Å². The summed E-state index contributed by atoms with van der Waals surface area (Å²) in [4.78, 5) is 11.9. The summed E-state index contributed by atoms with van der Waals surface area (Å²) in [5, 5.41) is 7.67. The monoisotopic (exact) mass is 501 g/mol. The molecule has 0 atom stereocenters. The molecule has 0 radical (unpaired) electrons. The van der Waals surface area contributed by atoms with Crippen LogP contribution < -0.4 is 20.2 Å². The lowest BCUT2D eigenvalue weighted by Crippen LogP contribution is -2.25. The highest BCUT2D eigenvalue weighted by Crippen LogP contribution is 2.29. The Morgan fingerprint density at radius 2 is 1.87 bits per heavy atom. The summed E-state index contributed by atoms with van der Waals surface area (Å²) in [5.41, 5.74) is 4.97. The molecular formula is C23H21BrClN3O3. The average molecular weight is 503 g/mol. The van der Waals surface area contributed by atoms with Gasteiger partial charge in [0.1, 0.15) is 6.61 Å². The number of hydrogen-bond acceptors (Lipinski definition) is 5. The predicted octanol–water partition coefficient (Wildman–Crippen LogP) is 5.25. The molecule has 8 heteroatoms. The fourth-order valence-corrected chi connectivity index (χ4v) is 3.08. The summed E-state index contributed by atoms with van der Waals surface area (Å²) >= 11 is 9.54. The van der Waals surface area contributed by atoms with Crippen molar-refractivity contribution in [1.82, 2.24) is 5.43 Å². The van der Waals surface area contributed by atoms with Crippen molar-refractivity contribution in [3.8, 4) is 11.5 Å². The number of hydrogen-bond donors (Lipinski definition) is 2. The minimum Gasteiger partial charge on any atom is -0.493 e. The number of anilines is 1. The summed E-state index contributed by atoms with van der Waals surface area (Å²) < 4.78 is 12.2. The number of halogens is 2. The van der Waals surface area contributed by atoms with E-state index in [0.717, 1.165) is 21.3 Å². The van der Waals surface area contributed by atoms with Crippen molar-refractivity contribution in [2.45, 2.75) is 6.61 Å². The molecule has 0 saturated carbocycles. The number of benzene rings is 3. The molecule has 1 amide bonds. The largest absolute Gasteiger partial charge is 0.493 e. The average Bonchev–Trinajstić information content (AvgIpc) is 2.78. The van der Waals surface area contributed by atoms with Crippen molar-refractivity contribution in [2.24, 2.45) is 5.10 Å². The van der Waals surface area contributed by atoms with E-state index in [1.54, 1.807) is 19.2 Å². The third-order valence-electron chi connectivity index (χ3n) is 4.23. The van der Waals surface area contributed by atoms with Gasteiger partial charge in [-0.2, -0.15) is 5.10 Å². The summed E-state index contributed by atoms with van der Waals surface area (Å²) in [6, 6.07) is 20.4. The molecule has 0 aliphatic heterocycles. The number of nitrogens with zero attached hydrogens (tertiary/aromatic N) is 1. The highest BCUT2D eigenvalue weighted by Gasteiger charge is 2.07. The zero-order valence-electron chi connectivity index (χ0n) is 16.8. The standard InChI is InChI=1S/C23H21BrClN3O3/c1-30-22-12-16(6-11-21(22)31-15-17-4-2-3-5-20(17)25)13-27-28-23(29)14-26-19-9-7-18(24)8-10-19/h2-13,26H,14-15H2,1H3,(H,28,29)/b27-13-. The molecule has 3 rings (SSSR count). The molecule has 3 aromatic carbocycles. The first-order valence-corrected chi connectivity index (χ1v) is 10.6. The first kappa shape index (κ1) is 22.7. The van der Waals surface area contributed by atoms with E-state index in [9.17, 15) is 4.79 Å². The van der Waals surface area contributed by atoms with Crippen molar-refractivity contribution >= 4 is 45.3 Å². The maximum atomic E-state index is 11.9. The van der Waals surface area contributed by atoms with E-state index < -0.39 is 0 Å². The van der Waals surface area contributed by atoms with Crippen LogP contribution >= 0.6 is 27.5 Å². The molecule has 6 nitrogen and oxygen atoms in total. The van der Waals surface area contributed by atoms with Crippen LogP contribution in [-0.4, -0.2) is 25.8 Å². The lowest BCUT2D eigenvalue weighted by atomic mass is 10.2. The van der Waals surface area contributed by atoms with Crippen LogP contribution in [0.25, 0.3) is 0 Å². The number of rotatable bonds is 9. The van der Waals surface area contributed by atoms with E-state index in [1.807, 2.05) is 54.6 Å².